The van der Waals surface area contributed by atoms with E-state index in [1.165, 1.54) is 32.2 Å². The monoisotopic (exact) mass is 498 g/mol. The molecule has 4 heteroatoms. The second-order valence-corrected chi connectivity index (χ2v) is 4.98. The number of allylic oxidation sites excluding steroid dienone is 2. The van der Waals surface area contributed by atoms with Gasteiger partial charge in [0.25, 0.3) is 0 Å². The summed E-state index contributed by atoms with van der Waals surface area (Å²) in [4.78, 5) is 0. The molecule has 112 valence electrons. The summed E-state index contributed by atoms with van der Waals surface area (Å²) in [5.74, 6) is 0. The van der Waals surface area contributed by atoms with Crippen LogP contribution in [0.5, 0.6) is 0 Å². The number of aromatic nitrogens is 1. The number of hydrogen-bond acceptors (Lipinski definition) is 0. The molecule has 0 bridgehead atoms. The molecule has 20 heavy (non-hydrogen) atoms. The van der Waals surface area contributed by atoms with E-state index in [2.05, 4.69) is 66.6 Å². The van der Waals surface area contributed by atoms with Gasteiger partial charge in [0.15, 0.2) is 12.7 Å². The number of unbranched alkanes of at least 4 members (excludes halogenated alkanes) is 3. The average Bonchev–Trinajstić information content (AvgIpc) is 2.46. The van der Waals surface area contributed by atoms with Crippen LogP contribution >= 0.6 is 0 Å². The van der Waals surface area contributed by atoms with Gasteiger partial charge in [-0.05, 0) is 29.3 Å². The minimum Gasteiger partial charge on any atom is -1.00 e. The molecule has 1 aromatic rings. The minimum atomic E-state index is 0. The van der Waals surface area contributed by atoms with Crippen LogP contribution in [0.1, 0.15) is 32.6 Å². The first-order chi connectivity index (χ1) is 8.87. The Labute approximate surface area is 157 Å². The smallest absolute Gasteiger partial charge is 0.230 e. The summed E-state index contributed by atoms with van der Waals surface area (Å²) in [6.45, 7) is 4.49. The lowest BCUT2D eigenvalue weighted by Gasteiger charge is -2.27. The van der Waals surface area contributed by atoms with Gasteiger partial charge in [-0.15, -0.1) is 0 Å². The second kappa shape index (κ2) is 10.7. The second-order valence-electron chi connectivity index (χ2n) is 4.98. The molecule has 0 saturated carbocycles. The highest BCUT2D eigenvalue weighted by atomic mass is 127. The molecule has 0 radical (unpaired) electrons. The molecule has 0 fully saturated rings. The van der Waals surface area contributed by atoms with Crippen LogP contribution in [0.25, 0.3) is 0 Å². The zero-order valence-electron chi connectivity index (χ0n) is 12.1. The molecular weight excluding hydrogens is 474 g/mol. The van der Waals surface area contributed by atoms with Crippen molar-refractivity contribution in [2.75, 3.05) is 13.1 Å². The van der Waals surface area contributed by atoms with Crippen LogP contribution in [0.4, 0.5) is 0 Å². The Morgan fingerprint density at radius 2 is 1.70 bits per heavy atom. The predicted molar refractivity (Wildman–Crippen MR) is 76.3 cm³/mol. The van der Waals surface area contributed by atoms with E-state index in [0.717, 1.165) is 11.1 Å². The highest BCUT2D eigenvalue weighted by Gasteiger charge is 2.34. The maximum absolute atomic E-state index is 2.31. The standard InChI is InChI=1S/C16H24N2.2HI/c1-2-3-4-9-14-18(15-10-6-11-16-18)17-12-7-5-8-13-17;;/h5-8,10-13,15H,2-4,9,14,16H2,1H3;2*1H/q+2;;/p-2. The van der Waals surface area contributed by atoms with E-state index in [9.17, 15) is 0 Å². The van der Waals surface area contributed by atoms with Crippen LogP contribution < -0.4 is 57.2 Å². The molecule has 1 aliphatic heterocycles. The van der Waals surface area contributed by atoms with Gasteiger partial charge in [-0.2, -0.15) is 0 Å². The van der Waals surface area contributed by atoms with E-state index < -0.39 is 0 Å². The maximum Gasteiger partial charge on any atom is 0.230 e. The van der Waals surface area contributed by atoms with Gasteiger partial charge in [-0.1, -0.05) is 30.4 Å². The lowest BCUT2D eigenvalue weighted by molar-refractivity contribution is -0.811. The van der Waals surface area contributed by atoms with Crippen molar-refractivity contribution in [3.63, 3.8) is 0 Å². The number of hydrogen-bond donors (Lipinski definition) is 0. The number of halogens is 2. The minimum absolute atomic E-state index is 0. The third-order valence-electron chi connectivity index (χ3n) is 3.59. The van der Waals surface area contributed by atoms with Crippen molar-refractivity contribution in [3.05, 3.63) is 55.0 Å². The quantitative estimate of drug-likeness (QED) is 0.172. The SMILES string of the molecule is CCCCCC[N+]1([n+]2ccccc2)C=CC=CC1.[I-].[I-]. The molecule has 1 aliphatic rings. The molecule has 0 saturated heterocycles. The van der Waals surface area contributed by atoms with Crippen molar-refractivity contribution in [2.45, 2.75) is 32.6 Å². The van der Waals surface area contributed by atoms with E-state index >= 15 is 0 Å². The van der Waals surface area contributed by atoms with Crippen LogP contribution in [0.15, 0.2) is 55.0 Å². The Morgan fingerprint density at radius 1 is 0.950 bits per heavy atom. The van der Waals surface area contributed by atoms with E-state index in [1.54, 1.807) is 0 Å². The molecule has 1 atom stereocenters. The Morgan fingerprint density at radius 3 is 2.30 bits per heavy atom. The first kappa shape index (κ1) is 20.1. The predicted octanol–water partition coefficient (Wildman–Crippen LogP) is -2.92. The van der Waals surface area contributed by atoms with Gasteiger partial charge in [0.1, 0.15) is 6.54 Å². The van der Waals surface area contributed by atoms with Gasteiger partial charge in [0, 0.05) is 18.6 Å². The highest BCUT2D eigenvalue weighted by Crippen LogP contribution is 2.09. The van der Waals surface area contributed by atoms with E-state index in [-0.39, 0.29) is 48.0 Å². The molecule has 0 aromatic carbocycles. The first-order valence-electron chi connectivity index (χ1n) is 7.06. The lowest BCUT2D eigenvalue weighted by Crippen LogP contribution is -3.00. The van der Waals surface area contributed by atoms with Crippen LogP contribution in [0.2, 0.25) is 0 Å². The van der Waals surface area contributed by atoms with E-state index in [4.69, 9.17) is 0 Å². The Hall–Kier alpha value is 0.0500. The summed E-state index contributed by atoms with van der Waals surface area (Å²) in [6, 6.07) is 6.30. The van der Waals surface area contributed by atoms with Gasteiger partial charge in [-0.25, -0.2) is 0 Å². The molecule has 2 rings (SSSR count). The average molecular weight is 498 g/mol. The largest absolute Gasteiger partial charge is 1.00 e. The van der Waals surface area contributed by atoms with Crippen molar-refractivity contribution in [1.82, 2.24) is 4.59 Å². The summed E-state index contributed by atoms with van der Waals surface area (Å²) in [6.07, 6.45) is 18.5. The van der Waals surface area contributed by atoms with Crippen molar-refractivity contribution in [2.24, 2.45) is 0 Å². The summed E-state index contributed by atoms with van der Waals surface area (Å²) in [7, 11) is 0. The number of quaternary nitrogens is 1. The number of rotatable bonds is 6. The van der Waals surface area contributed by atoms with E-state index in [0.29, 0.717) is 0 Å². The van der Waals surface area contributed by atoms with Gasteiger partial charge in [0.05, 0.1) is 0 Å². The third kappa shape index (κ3) is 5.44. The number of pyridine rings is 1. The Balaban J connectivity index is 0.00000180. The van der Waals surface area contributed by atoms with Crippen LogP contribution in [0, 0.1) is 0 Å². The summed E-state index contributed by atoms with van der Waals surface area (Å²) >= 11 is 0. The van der Waals surface area contributed by atoms with Crippen molar-refractivity contribution in [3.8, 4) is 0 Å². The normalized spacial score (nSPS) is 20.1. The van der Waals surface area contributed by atoms with E-state index in [1.807, 2.05) is 0 Å². The summed E-state index contributed by atoms with van der Waals surface area (Å²) in [5, 5.41) is 0. The molecule has 1 unspecified atom stereocenters. The Kier molecular flexibility index (Phi) is 10.8. The van der Waals surface area contributed by atoms with Gasteiger partial charge in [-0.3, -0.25) is 0 Å². The first-order valence-corrected chi connectivity index (χ1v) is 7.06. The zero-order chi connectivity index (χ0) is 12.7. The fraction of sp³-hybridized carbons (Fsp3) is 0.438. The molecule has 0 amide bonds. The molecule has 2 nitrogen and oxygen atoms in total. The van der Waals surface area contributed by atoms with Crippen molar-refractivity contribution < 1.29 is 52.6 Å². The van der Waals surface area contributed by atoms with Crippen LogP contribution in [-0.2, 0) is 0 Å². The Bertz CT molecular complexity index is 418. The van der Waals surface area contributed by atoms with Crippen molar-refractivity contribution in [1.29, 1.82) is 0 Å². The fourth-order valence-electron chi connectivity index (χ4n) is 2.51. The molecule has 2 heterocycles. The van der Waals surface area contributed by atoms with Crippen LogP contribution in [0.3, 0.4) is 0 Å². The molecular formula is C16H24I2N2. The maximum atomic E-state index is 2.31. The van der Waals surface area contributed by atoms with Gasteiger partial charge < -0.3 is 48.0 Å². The topological polar surface area (TPSA) is 3.88 Å². The third-order valence-corrected chi connectivity index (χ3v) is 3.59. The molecule has 0 spiro atoms. The molecule has 0 aliphatic carbocycles. The zero-order valence-corrected chi connectivity index (χ0v) is 16.4. The van der Waals surface area contributed by atoms with Crippen molar-refractivity contribution >= 4 is 0 Å². The van der Waals surface area contributed by atoms with Gasteiger partial charge >= 0.3 is 0 Å². The fourth-order valence-corrected chi connectivity index (χ4v) is 2.51. The summed E-state index contributed by atoms with van der Waals surface area (Å²) < 4.78 is 3.22. The lowest BCUT2D eigenvalue weighted by atomic mass is 10.2. The highest BCUT2D eigenvalue weighted by molar-refractivity contribution is 5.12. The molecule has 0 N–H and O–H groups in total. The number of nitrogens with zero attached hydrogens (tertiary/aromatic N) is 2. The molecule has 1 aromatic heterocycles. The summed E-state index contributed by atoms with van der Waals surface area (Å²) in [5.41, 5.74) is 0. The van der Waals surface area contributed by atoms with Gasteiger partial charge in [0.2, 0.25) is 12.4 Å². The van der Waals surface area contributed by atoms with Crippen LogP contribution in [-0.4, -0.2) is 13.1 Å².